The molecule has 1 unspecified atom stereocenters. The van der Waals surface area contributed by atoms with Crippen molar-refractivity contribution in [2.24, 2.45) is 5.73 Å². The zero-order chi connectivity index (χ0) is 13.4. The predicted molar refractivity (Wildman–Crippen MR) is 80.0 cm³/mol. The van der Waals surface area contributed by atoms with Crippen molar-refractivity contribution < 1.29 is 0 Å². The van der Waals surface area contributed by atoms with E-state index in [1.165, 1.54) is 0 Å². The Morgan fingerprint density at radius 1 is 1.37 bits per heavy atom. The summed E-state index contributed by atoms with van der Waals surface area (Å²) in [4.78, 5) is 9.08. The van der Waals surface area contributed by atoms with E-state index in [9.17, 15) is 0 Å². The molecule has 2 N–H and O–H groups in total. The van der Waals surface area contributed by atoms with Gasteiger partial charge in [0.25, 0.3) is 0 Å². The quantitative estimate of drug-likeness (QED) is 0.858. The van der Waals surface area contributed by atoms with E-state index in [-0.39, 0.29) is 6.04 Å². The van der Waals surface area contributed by atoms with Gasteiger partial charge in [0, 0.05) is 33.5 Å². The lowest BCUT2D eigenvalue weighted by atomic mass is 9.93. The summed E-state index contributed by atoms with van der Waals surface area (Å²) in [5, 5.41) is 0.684. The van der Waals surface area contributed by atoms with Gasteiger partial charge in [-0.2, -0.15) is 0 Å². The Balaban J connectivity index is 2.04. The maximum absolute atomic E-state index is 6.07. The van der Waals surface area contributed by atoms with Gasteiger partial charge in [0.15, 0.2) is 5.82 Å². The van der Waals surface area contributed by atoms with E-state index in [2.05, 4.69) is 25.9 Å². The average molecular weight is 339 g/mol. The molecule has 0 saturated carbocycles. The van der Waals surface area contributed by atoms with Gasteiger partial charge < -0.3 is 5.73 Å². The van der Waals surface area contributed by atoms with Gasteiger partial charge in [0.2, 0.25) is 0 Å². The summed E-state index contributed by atoms with van der Waals surface area (Å²) in [6, 6.07) is 5.79. The summed E-state index contributed by atoms with van der Waals surface area (Å²) in [5.74, 6) is 0.727. The fraction of sp³-hybridized carbons (Fsp3) is 0.286. The van der Waals surface area contributed by atoms with Crippen LogP contribution in [0.5, 0.6) is 0 Å². The molecule has 0 bridgehead atoms. The largest absolute Gasteiger partial charge is 0.324 e. The third-order valence-electron chi connectivity index (χ3n) is 3.41. The molecule has 1 heterocycles. The van der Waals surface area contributed by atoms with Crippen LogP contribution in [0.15, 0.2) is 28.9 Å². The van der Waals surface area contributed by atoms with Gasteiger partial charge in [-0.3, -0.25) is 0 Å². The molecule has 1 aliphatic rings. The van der Waals surface area contributed by atoms with Crippen molar-refractivity contribution in [1.29, 1.82) is 0 Å². The first-order valence-electron chi connectivity index (χ1n) is 6.22. The highest BCUT2D eigenvalue weighted by Gasteiger charge is 2.19. The third kappa shape index (κ3) is 2.53. The average Bonchev–Trinajstić information content (AvgIpc) is 2.42. The summed E-state index contributed by atoms with van der Waals surface area (Å²) in [6.45, 7) is 0. The first-order chi connectivity index (χ1) is 9.15. The minimum absolute atomic E-state index is 0.0785. The van der Waals surface area contributed by atoms with E-state index < -0.39 is 0 Å². The second-order valence-corrected chi connectivity index (χ2v) is 5.98. The van der Waals surface area contributed by atoms with Crippen molar-refractivity contribution >= 4 is 27.5 Å². The number of hydrogen-bond acceptors (Lipinski definition) is 3. The van der Waals surface area contributed by atoms with E-state index in [0.717, 1.165) is 46.4 Å². The van der Waals surface area contributed by atoms with Crippen LogP contribution in [0, 0.1) is 0 Å². The standard InChI is InChI=1S/C14H13BrClN3/c15-10-6-8(4-5-11(10)16)14-18-7-9-12(17)2-1-3-13(9)19-14/h4-7,12H,1-3,17H2. The highest BCUT2D eigenvalue weighted by atomic mass is 79.9. The fourth-order valence-electron chi connectivity index (χ4n) is 2.36. The number of fused-ring (bicyclic) bond motifs is 1. The summed E-state index contributed by atoms with van der Waals surface area (Å²) < 4.78 is 0.852. The van der Waals surface area contributed by atoms with Crippen LogP contribution < -0.4 is 5.73 Å². The number of aryl methyl sites for hydroxylation is 1. The number of hydrogen-bond donors (Lipinski definition) is 1. The van der Waals surface area contributed by atoms with Crippen molar-refractivity contribution in [1.82, 2.24) is 9.97 Å². The van der Waals surface area contributed by atoms with Gasteiger partial charge in [-0.15, -0.1) is 0 Å². The maximum Gasteiger partial charge on any atom is 0.159 e. The summed E-state index contributed by atoms with van der Waals surface area (Å²) in [7, 11) is 0. The van der Waals surface area contributed by atoms with Crippen LogP contribution >= 0.6 is 27.5 Å². The Bertz CT molecular complexity index is 630. The Morgan fingerprint density at radius 3 is 3.00 bits per heavy atom. The molecule has 1 aromatic carbocycles. The van der Waals surface area contributed by atoms with Crippen LogP contribution in [-0.4, -0.2) is 9.97 Å². The molecule has 1 aliphatic carbocycles. The molecule has 0 saturated heterocycles. The van der Waals surface area contributed by atoms with Gasteiger partial charge in [0.05, 0.1) is 5.02 Å². The fourth-order valence-corrected chi connectivity index (χ4v) is 2.85. The van der Waals surface area contributed by atoms with E-state index in [1.54, 1.807) is 0 Å². The minimum atomic E-state index is 0.0785. The lowest BCUT2D eigenvalue weighted by Crippen LogP contribution is -2.19. The second kappa shape index (κ2) is 5.19. The molecule has 19 heavy (non-hydrogen) atoms. The summed E-state index contributed by atoms with van der Waals surface area (Å²) >= 11 is 9.42. The number of nitrogens with two attached hydrogens (primary N) is 1. The second-order valence-electron chi connectivity index (χ2n) is 4.72. The Hall–Kier alpha value is -0.970. The monoisotopic (exact) mass is 337 g/mol. The minimum Gasteiger partial charge on any atom is -0.324 e. The van der Waals surface area contributed by atoms with Gasteiger partial charge in [-0.25, -0.2) is 9.97 Å². The van der Waals surface area contributed by atoms with Crippen LogP contribution in [0.25, 0.3) is 11.4 Å². The van der Waals surface area contributed by atoms with Crippen LogP contribution in [0.2, 0.25) is 5.02 Å². The van der Waals surface area contributed by atoms with Gasteiger partial charge in [-0.05, 0) is 53.4 Å². The first kappa shape index (κ1) is 13.0. The molecule has 0 radical (unpaired) electrons. The number of aromatic nitrogens is 2. The van der Waals surface area contributed by atoms with Crippen LogP contribution in [-0.2, 0) is 6.42 Å². The zero-order valence-corrected chi connectivity index (χ0v) is 12.6. The molecule has 3 rings (SSSR count). The van der Waals surface area contributed by atoms with Crippen molar-refractivity contribution in [3.8, 4) is 11.4 Å². The molecule has 1 atom stereocenters. The Labute approximate surface area is 125 Å². The smallest absolute Gasteiger partial charge is 0.159 e. The molecule has 0 spiro atoms. The van der Waals surface area contributed by atoms with Crippen molar-refractivity contribution in [2.45, 2.75) is 25.3 Å². The number of benzene rings is 1. The molecular weight excluding hydrogens is 326 g/mol. The lowest BCUT2D eigenvalue weighted by molar-refractivity contribution is 0.557. The normalized spacial score (nSPS) is 18.2. The van der Waals surface area contributed by atoms with Crippen LogP contribution in [0.3, 0.4) is 0 Å². The van der Waals surface area contributed by atoms with Crippen molar-refractivity contribution in [2.75, 3.05) is 0 Å². The number of halogens is 2. The molecule has 98 valence electrons. The predicted octanol–water partition coefficient (Wildman–Crippen LogP) is 3.90. The van der Waals surface area contributed by atoms with Gasteiger partial charge >= 0.3 is 0 Å². The molecular formula is C14H13BrClN3. The molecule has 5 heteroatoms. The highest BCUT2D eigenvalue weighted by Crippen LogP contribution is 2.30. The van der Waals surface area contributed by atoms with Crippen LogP contribution in [0.1, 0.15) is 30.1 Å². The summed E-state index contributed by atoms with van der Waals surface area (Å²) in [6.07, 6.45) is 4.95. The Kier molecular flexibility index (Phi) is 3.56. The van der Waals surface area contributed by atoms with E-state index in [4.69, 9.17) is 17.3 Å². The van der Waals surface area contributed by atoms with E-state index >= 15 is 0 Å². The molecule has 2 aromatic rings. The SMILES string of the molecule is NC1CCCc2nc(-c3ccc(Cl)c(Br)c3)ncc21. The molecule has 1 aromatic heterocycles. The third-order valence-corrected chi connectivity index (χ3v) is 4.62. The summed E-state index contributed by atoms with van der Waals surface area (Å²) in [5.41, 5.74) is 9.20. The van der Waals surface area contributed by atoms with Crippen molar-refractivity contribution in [3.63, 3.8) is 0 Å². The van der Waals surface area contributed by atoms with Gasteiger partial charge in [0.1, 0.15) is 0 Å². The maximum atomic E-state index is 6.07. The Morgan fingerprint density at radius 2 is 2.21 bits per heavy atom. The van der Waals surface area contributed by atoms with E-state index in [1.807, 2.05) is 24.4 Å². The first-order valence-corrected chi connectivity index (χ1v) is 7.39. The van der Waals surface area contributed by atoms with Gasteiger partial charge in [-0.1, -0.05) is 11.6 Å². The van der Waals surface area contributed by atoms with E-state index in [0.29, 0.717) is 5.02 Å². The number of rotatable bonds is 1. The highest BCUT2D eigenvalue weighted by molar-refractivity contribution is 9.10. The molecule has 0 aliphatic heterocycles. The molecule has 0 fully saturated rings. The topological polar surface area (TPSA) is 51.8 Å². The molecule has 3 nitrogen and oxygen atoms in total. The zero-order valence-electron chi connectivity index (χ0n) is 10.2. The number of nitrogens with zero attached hydrogens (tertiary/aromatic N) is 2. The lowest BCUT2D eigenvalue weighted by Gasteiger charge is -2.21. The molecule has 0 amide bonds. The van der Waals surface area contributed by atoms with Crippen LogP contribution in [0.4, 0.5) is 0 Å². The van der Waals surface area contributed by atoms with Crippen molar-refractivity contribution in [3.05, 3.63) is 45.1 Å².